The molecule has 14 heteroatoms. The molecule has 3 aromatic rings. The minimum Gasteiger partial charge on any atom is -0.497 e. The van der Waals surface area contributed by atoms with E-state index < -0.39 is 40.2 Å². The predicted octanol–water partition coefficient (Wildman–Crippen LogP) is 5.01. The second kappa shape index (κ2) is 18.4. The number of methoxy groups -OCH3 is 1. The number of nitrogens with one attached hydrogen (secondary N) is 1. The monoisotopic (exact) mass is 736 g/mol. The summed E-state index contributed by atoms with van der Waals surface area (Å²) in [5.41, 5.74) is 2.15. The molecule has 1 unspecified atom stereocenters. The molecule has 52 heavy (non-hydrogen) atoms. The number of ether oxygens (including phenoxy) is 1. The Balaban J connectivity index is 1.58. The number of pyridine rings is 1. The van der Waals surface area contributed by atoms with Gasteiger partial charge in [0.25, 0.3) is 0 Å². The number of hydrogen-bond acceptors (Lipinski definition) is 9. The molecule has 1 aliphatic heterocycles. The molecular weight excluding hydrogens is 685 g/mol. The van der Waals surface area contributed by atoms with Gasteiger partial charge >= 0.3 is 6.03 Å². The Kier molecular flexibility index (Phi) is 14.3. The Morgan fingerprint density at radius 1 is 1.02 bits per heavy atom. The van der Waals surface area contributed by atoms with Crippen molar-refractivity contribution >= 4 is 22.0 Å². The summed E-state index contributed by atoms with van der Waals surface area (Å²) in [5.74, 6) is -0.178. The summed E-state index contributed by atoms with van der Waals surface area (Å²) in [6.45, 7) is 10.2. The van der Waals surface area contributed by atoms with E-state index in [1.807, 2.05) is 58.0 Å². The van der Waals surface area contributed by atoms with Crippen molar-refractivity contribution in [1.82, 2.24) is 24.4 Å². The number of sulfonamides is 1. The maximum Gasteiger partial charge on any atom is 0.321 e. The van der Waals surface area contributed by atoms with Gasteiger partial charge in [0.1, 0.15) is 17.8 Å². The van der Waals surface area contributed by atoms with E-state index in [9.17, 15) is 28.0 Å². The number of benzene rings is 2. The molecule has 2 aromatic carbocycles. The van der Waals surface area contributed by atoms with Gasteiger partial charge in [-0.3, -0.25) is 9.78 Å². The summed E-state index contributed by atoms with van der Waals surface area (Å²) in [6.07, 6.45) is 1.14. The number of amides is 3. The van der Waals surface area contributed by atoms with Gasteiger partial charge in [0.2, 0.25) is 15.9 Å². The standard InChI is InChI=1S/C38H52N6O7S/c1-7-27(4)36(44-20-19-42(38(44)47)24-30-17-18-39-33(22-30)28(5)41-48)37(46)40-34(21-29-11-9-8-10-12-29)35(45)25-43(23-26(2)3)52(49,50)32-15-13-31(51-6)14-16-32/h8-18,22,26-28,34-36,45H,7,19-21,23-25H2,1-6H3,(H,40,46)/t27-,28?,34-,35+,36-/m0/s1. The smallest absolute Gasteiger partial charge is 0.321 e. The number of carbonyl (C=O) groups excluding carboxylic acids is 2. The number of nitroso groups, excluding NO2 is 1. The van der Waals surface area contributed by atoms with E-state index in [-0.39, 0.29) is 48.8 Å². The van der Waals surface area contributed by atoms with Crippen LogP contribution >= 0.6 is 0 Å². The van der Waals surface area contributed by atoms with Gasteiger partial charge in [0.05, 0.1) is 29.8 Å². The van der Waals surface area contributed by atoms with Crippen LogP contribution in [0.2, 0.25) is 0 Å². The fraction of sp³-hybridized carbons (Fsp3) is 0.500. The maximum atomic E-state index is 14.3. The van der Waals surface area contributed by atoms with E-state index in [2.05, 4.69) is 15.5 Å². The van der Waals surface area contributed by atoms with E-state index in [1.165, 1.54) is 23.5 Å². The lowest BCUT2D eigenvalue weighted by Gasteiger charge is -2.35. The van der Waals surface area contributed by atoms with Crippen molar-refractivity contribution in [3.05, 3.63) is 94.7 Å². The van der Waals surface area contributed by atoms with Gasteiger partial charge in [-0.2, -0.15) is 9.21 Å². The third kappa shape index (κ3) is 10.1. The minimum absolute atomic E-state index is 0.0508. The van der Waals surface area contributed by atoms with Gasteiger partial charge in [-0.1, -0.05) is 69.6 Å². The Morgan fingerprint density at radius 2 is 1.71 bits per heavy atom. The van der Waals surface area contributed by atoms with E-state index in [0.29, 0.717) is 31.0 Å². The lowest BCUT2D eigenvalue weighted by molar-refractivity contribution is -0.128. The number of aromatic nitrogens is 1. The summed E-state index contributed by atoms with van der Waals surface area (Å²) < 4.78 is 34.3. The topological polar surface area (TPSA) is 162 Å². The highest BCUT2D eigenvalue weighted by Crippen LogP contribution is 2.25. The molecule has 1 fully saturated rings. The van der Waals surface area contributed by atoms with Crippen molar-refractivity contribution in [3.63, 3.8) is 0 Å². The highest BCUT2D eigenvalue weighted by atomic mass is 32.2. The normalized spacial score (nSPS) is 16.4. The van der Waals surface area contributed by atoms with E-state index >= 15 is 0 Å². The number of hydrogen-bond donors (Lipinski definition) is 2. The molecule has 1 saturated heterocycles. The van der Waals surface area contributed by atoms with Crippen molar-refractivity contribution in [1.29, 1.82) is 0 Å². The van der Waals surface area contributed by atoms with Crippen LogP contribution in [0.4, 0.5) is 4.79 Å². The molecule has 0 bridgehead atoms. The molecule has 5 atom stereocenters. The quantitative estimate of drug-likeness (QED) is 0.163. The van der Waals surface area contributed by atoms with Gasteiger partial charge in [-0.15, -0.1) is 0 Å². The Labute approximate surface area is 307 Å². The molecule has 2 heterocycles. The number of nitrogens with zero attached hydrogens (tertiary/aromatic N) is 5. The lowest BCUT2D eigenvalue weighted by atomic mass is 9.95. The summed E-state index contributed by atoms with van der Waals surface area (Å²) >= 11 is 0. The Morgan fingerprint density at radius 3 is 2.33 bits per heavy atom. The van der Waals surface area contributed by atoms with Crippen LogP contribution in [-0.4, -0.2) is 96.0 Å². The van der Waals surface area contributed by atoms with E-state index in [4.69, 9.17) is 4.74 Å². The van der Waals surface area contributed by atoms with Crippen molar-refractivity contribution in [3.8, 4) is 5.75 Å². The maximum absolute atomic E-state index is 14.3. The molecule has 0 spiro atoms. The third-order valence-electron chi connectivity index (χ3n) is 9.47. The molecule has 0 aliphatic carbocycles. The zero-order valence-electron chi connectivity index (χ0n) is 30.9. The van der Waals surface area contributed by atoms with Crippen molar-refractivity contribution < 1.29 is 27.9 Å². The Hall–Kier alpha value is -4.40. The first-order chi connectivity index (χ1) is 24.8. The van der Waals surface area contributed by atoms with Crippen LogP contribution in [0.5, 0.6) is 5.75 Å². The second-order valence-electron chi connectivity index (χ2n) is 13.9. The first kappa shape index (κ1) is 40.4. The number of aliphatic hydroxyl groups excluding tert-OH is 1. The summed E-state index contributed by atoms with van der Waals surface area (Å²) in [6, 6.07) is 16.4. The lowest BCUT2D eigenvalue weighted by Crippen LogP contribution is -2.57. The number of urea groups is 1. The van der Waals surface area contributed by atoms with Crippen LogP contribution in [-0.2, 0) is 27.8 Å². The van der Waals surface area contributed by atoms with Crippen LogP contribution in [0.1, 0.15) is 63.9 Å². The van der Waals surface area contributed by atoms with E-state index in [1.54, 1.807) is 47.2 Å². The fourth-order valence-electron chi connectivity index (χ4n) is 6.36. The third-order valence-corrected chi connectivity index (χ3v) is 11.3. The van der Waals surface area contributed by atoms with Crippen molar-refractivity contribution in [2.45, 2.75) is 83.1 Å². The van der Waals surface area contributed by atoms with Gasteiger partial charge in [0, 0.05) is 38.9 Å². The average molecular weight is 737 g/mol. The first-order valence-electron chi connectivity index (χ1n) is 17.8. The van der Waals surface area contributed by atoms with Crippen LogP contribution in [0.15, 0.2) is 83.0 Å². The zero-order chi connectivity index (χ0) is 38.0. The largest absolute Gasteiger partial charge is 0.497 e. The zero-order valence-corrected chi connectivity index (χ0v) is 31.7. The average Bonchev–Trinajstić information content (AvgIpc) is 3.49. The molecule has 13 nitrogen and oxygen atoms in total. The highest BCUT2D eigenvalue weighted by Gasteiger charge is 2.41. The van der Waals surface area contributed by atoms with Gasteiger partial charge in [0.15, 0.2) is 0 Å². The summed E-state index contributed by atoms with van der Waals surface area (Å²) in [4.78, 5) is 46.8. The van der Waals surface area contributed by atoms with Crippen LogP contribution < -0.4 is 10.1 Å². The predicted molar refractivity (Wildman–Crippen MR) is 199 cm³/mol. The second-order valence-corrected chi connectivity index (χ2v) is 15.8. The summed E-state index contributed by atoms with van der Waals surface area (Å²) in [7, 11) is -2.52. The van der Waals surface area contributed by atoms with Crippen LogP contribution in [0, 0.1) is 16.7 Å². The van der Waals surface area contributed by atoms with Crippen molar-refractivity contribution in [2.75, 3.05) is 33.3 Å². The molecule has 282 valence electrons. The SMILES string of the molecule is CC[C@H](C)[C@@H](C(=O)N[C@@H](Cc1ccccc1)[C@H](O)CN(CC(C)C)S(=O)(=O)c1ccc(OC)cc1)N1CCN(Cc2ccnc(C(C)N=O)c2)C1=O. The molecule has 0 saturated carbocycles. The molecule has 2 N–H and O–H groups in total. The number of rotatable bonds is 19. The van der Waals surface area contributed by atoms with Gasteiger partial charge in [-0.05, 0) is 72.7 Å². The fourth-order valence-corrected chi connectivity index (χ4v) is 7.98. The number of carbonyl (C=O) groups is 2. The highest BCUT2D eigenvalue weighted by molar-refractivity contribution is 7.89. The van der Waals surface area contributed by atoms with E-state index in [0.717, 1.165) is 11.1 Å². The van der Waals surface area contributed by atoms with Crippen LogP contribution in [0.3, 0.4) is 0 Å². The van der Waals surface area contributed by atoms with Crippen molar-refractivity contribution in [2.24, 2.45) is 17.0 Å². The molecule has 1 aliphatic rings. The molecule has 4 rings (SSSR count). The number of aliphatic hydroxyl groups is 1. The first-order valence-corrected chi connectivity index (χ1v) is 19.2. The van der Waals surface area contributed by atoms with Crippen LogP contribution in [0.25, 0.3) is 0 Å². The Bertz CT molecular complexity index is 1740. The van der Waals surface area contributed by atoms with Gasteiger partial charge in [-0.25, -0.2) is 13.2 Å². The summed E-state index contributed by atoms with van der Waals surface area (Å²) in [5, 5.41) is 17.9. The molecule has 1 aromatic heterocycles. The molecular formula is C38H52N6O7S. The minimum atomic E-state index is -4.02. The molecule has 3 amide bonds. The molecule has 0 radical (unpaired) electrons. The van der Waals surface area contributed by atoms with Gasteiger partial charge < -0.3 is 25.0 Å².